The van der Waals surface area contributed by atoms with E-state index in [1.165, 1.54) is 5.39 Å². The third kappa shape index (κ3) is 3.43. The summed E-state index contributed by atoms with van der Waals surface area (Å²) in [5.41, 5.74) is 9.03. The minimum Gasteiger partial charge on any atom is -0.325 e. The molecule has 0 atom stereocenters. The van der Waals surface area contributed by atoms with Gasteiger partial charge in [-0.15, -0.1) is 12.4 Å². The summed E-state index contributed by atoms with van der Waals surface area (Å²) in [7, 11) is 1.82. The van der Waals surface area contributed by atoms with Crippen molar-refractivity contribution in [3.8, 4) is 0 Å². The number of hydrogen-bond donors (Lipinski definition) is 1. The van der Waals surface area contributed by atoms with Crippen LogP contribution in [0.2, 0.25) is 0 Å². The number of anilines is 1. The standard InChI is InChI=1S/C21H21N3O.ClH/c1-24(18-10-8-14-4-2-3-5-16(14)12-18)21(25)19-11-9-17(13-22)23-20(19)15-6-7-15;/h2-5,8-12,15H,6-7,13,22H2,1H3;1H. The predicted octanol–water partition coefficient (Wildman–Crippen LogP) is 4.27. The van der Waals surface area contributed by atoms with Gasteiger partial charge in [0.1, 0.15) is 0 Å². The molecule has 4 rings (SSSR count). The Balaban J connectivity index is 0.00000196. The van der Waals surface area contributed by atoms with Crippen molar-refractivity contribution in [1.29, 1.82) is 0 Å². The van der Waals surface area contributed by atoms with Crippen molar-refractivity contribution < 1.29 is 4.79 Å². The molecule has 2 N–H and O–H groups in total. The molecule has 1 amide bonds. The number of benzene rings is 2. The lowest BCUT2D eigenvalue weighted by Gasteiger charge is -2.20. The highest BCUT2D eigenvalue weighted by Crippen LogP contribution is 2.41. The van der Waals surface area contributed by atoms with E-state index < -0.39 is 0 Å². The molecule has 1 saturated carbocycles. The Kier molecular flexibility index (Phi) is 5.25. The van der Waals surface area contributed by atoms with Gasteiger partial charge in [0.25, 0.3) is 5.91 Å². The lowest BCUT2D eigenvalue weighted by atomic mass is 10.1. The lowest BCUT2D eigenvalue weighted by molar-refractivity contribution is 0.0991. The second-order valence-electron chi connectivity index (χ2n) is 6.61. The van der Waals surface area contributed by atoms with Crippen molar-refractivity contribution in [2.45, 2.75) is 25.3 Å². The maximum absolute atomic E-state index is 13.1. The van der Waals surface area contributed by atoms with Crippen LogP contribution in [0.15, 0.2) is 54.6 Å². The Bertz CT molecular complexity index is 953. The molecule has 1 aliphatic carbocycles. The number of pyridine rings is 1. The van der Waals surface area contributed by atoms with Crippen molar-refractivity contribution in [2.75, 3.05) is 11.9 Å². The summed E-state index contributed by atoms with van der Waals surface area (Å²) in [5, 5.41) is 2.29. The van der Waals surface area contributed by atoms with Gasteiger partial charge < -0.3 is 10.6 Å². The van der Waals surface area contributed by atoms with Gasteiger partial charge >= 0.3 is 0 Å². The van der Waals surface area contributed by atoms with Crippen LogP contribution in [-0.4, -0.2) is 17.9 Å². The molecule has 4 nitrogen and oxygen atoms in total. The number of aromatic nitrogens is 1. The molecule has 1 aromatic heterocycles. The van der Waals surface area contributed by atoms with Crippen molar-refractivity contribution in [3.05, 3.63) is 71.5 Å². The molecule has 0 bridgehead atoms. The van der Waals surface area contributed by atoms with Gasteiger partial charge in [-0.2, -0.15) is 0 Å². The Morgan fingerprint density at radius 2 is 1.85 bits per heavy atom. The van der Waals surface area contributed by atoms with Gasteiger partial charge in [0.15, 0.2) is 0 Å². The maximum Gasteiger partial charge on any atom is 0.259 e. The molecule has 5 heteroatoms. The molecule has 1 heterocycles. The number of rotatable bonds is 4. The van der Waals surface area contributed by atoms with Crippen molar-refractivity contribution in [3.63, 3.8) is 0 Å². The zero-order chi connectivity index (χ0) is 17.4. The van der Waals surface area contributed by atoms with Crippen LogP contribution in [0, 0.1) is 0 Å². The number of nitrogens with two attached hydrogens (primary N) is 1. The first-order valence-corrected chi connectivity index (χ1v) is 8.64. The highest BCUT2D eigenvalue weighted by molar-refractivity contribution is 6.07. The summed E-state index contributed by atoms with van der Waals surface area (Å²) in [5.74, 6) is 0.378. The van der Waals surface area contributed by atoms with Crippen molar-refractivity contribution >= 4 is 34.8 Å². The second kappa shape index (κ2) is 7.44. The summed E-state index contributed by atoms with van der Waals surface area (Å²) in [4.78, 5) is 19.4. The van der Waals surface area contributed by atoms with Crippen LogP contribution in [0.25, 0.3) is 10.8 Å². The number of halogens is 1. The van der Waals surface area contributed by atoms with Gasteiger partial charge in [-0.25, -0.2) is 0 Å². The van der Waals surface area contributed by atoms with Crippen LogP contribution in [-0.2, 0) is 6.54 Å². The summed E-state index contributed by atoms with van der Waals surface area (Å²) in [6, 6.07) is 18.0. The lowest BCUT2D eigenvalue weighted by Crippen LogP contribution is -2.27. The van der Waals surface area contributed by atoms with Crippen molar-refractivity contribution in [1.82, 2.24) is 4.98 Å². The summed E-state index contributed by atoms with van der Waals surface area (Å²) in [6.45, 7) is 0.398. The fourth-order valence-electron chi connectivity index (χ4n) is 3.16. The largest absolute Gasteiger partial charge is 0.325 e. The third-order valence-corrected chi connectivity index (χ3v) is 4.81. The van der Waals surface area contributed by atoms with Gasteiger partial charge in [0.05, 0.1) is 17.0 Å². The van der Waals surface area contributed by atoms with E-state index in [0.29, 0.717) is 18.0 Å². The van der Waals surface area contributed by atoms with Crippen LogP contribution in [0.1, 0.15) is 40.5 Å². The van der Waals surface area contributed by atoms with E-state index in [0.717, 1.165) is 35.3 Å². The van der Waals surface area contributed by atoms with E-state index in [1.807, 2.05) is 49.5 Å². The summed E-state index contributed by atoms with van der Waals surface area (Å²) >= 11 is 0. The topological polar surface area (TPSA) is 59.2 Å². The predicted molar refractivity (Wildman–Crippen MR) is 108 cm³/mol. The minimum atomic E-state index is -0.0201. The smallest absolute Gasteiger partial charge is 0.259 e. The summed E-state index contributed by atoms with van der Waals surface area (Å²) < 4.78 is 0. The van der Waals surface area contributed by atoms with Crippen LogP contribution in [0.4, 0.5) is 5.69 Å². The van der Waals surface area contributed by atoms with Crippen LogP contribution >= 0.6 is 12.4 Å². The molecular formula is C21H22ClN3O. The second-order valence-corrected chi connectivity index (χ2v) is 6.61. The number of fused-ring (bicyclic) bond motifs is 1. The average molecular weight is 368 g/mol. The monoisotopic (exact) mass is 367 g/mol. The molecule has 1 fully saturated rings. The molecular weight excluding hydrogens is 346 g/mol. The molecule has 0 spiro atoms. The van der Waals surface area contributed by atoms with Gasteiger partial charge in [0, 0.05) is 25.2 Å². The molecule has 2 aromatic carbocycles. The van der Waals surface area contributed by atoms with E-state index >= 15 is 0 Å². The van der Waals surface area contributed by atoms with Crippen LogP contribution in [0.3, 0.4) is 0 Å². The van der Waals surface area contributed by atoms with Gasteiger partial charge in [0.2, 0.25) is 0 Å². The van der Waals surface area contributed by atoms with E-state index in [4.69, 9.17) is 5.73 Å². The fraction of sp³-hybridized carbons (Fsp3) is 0.238. The average Bonchev–Trinajstić information content (AvgIpc) is 3.51. The number of amides is 1. The molecule has 0 radical (unpaired) electrons. The van der Waals surface area contributed by atoms with Gasteiger partial charge in [-0.1, -0.05) is 30.3 Å². The molecule has 0 aliphatic heterocycles. The third-order valence-electron chi connectivity index (χ3n) is 4.81. The van der Waals surface area contributed by atoms with E-state index in [-0.39, 0.29) is 18.3 Å². The number of nitrogens with zero attached hydrogens (tertiary/aromatic N) is 2. The minimum absolute atomic E-state index is 0. The first kappa shape index (κ1) is 18.4. The molecule has 1 aliphatic rings. The van der Waals surface area contributed by atoms with E-state index in [9.17, 15) is 4.79 Å². The molecule has 26 heavy (non-hydrogen) atoms. The highest BCUT2D eigenvalue weighted by Gasteiger charge is 2.31. The maximum atomic E-state index is 13.1. The SMILES string of the molecule is CN(C(=O)c1ccc(CN)nc1C1CC1)c1ccc2ccccc2c1.Cl. The number of carbonyl (C=O) groups excluding carboxylic acids is 1. The summed E-state index contributed by atoms with van der Waals surface area (Å²) in [6.07, 6.45) is 2.20. The molecule has 3 aromatic rings. The quantitative estimate of drug-likeness (QED) is 0.749. The van der Waals surface area contributed by atoms with E-state index in [1.54, 1.807) is 4.90 Å². The van der Waals surface area contributed by atoms with E-state index in [2.05, 4.69) is 17.1 Å². The Morgan fingerprint density at radius 1 is 1.12 bits per heavy atom. The first-order valence-electron chi connectivity index (χ1n) is 8.64. The fourth-order valence-corrected chi connectivity index (χ4v) is 3.16. The normalized spacial score (nSPS) is 13.3. The number of carbonyl (C=O) groups is 1. The zero-order valence-corrected chi connectivity index (χ0v) is 15.5. The molecule has 0 unspecified atom stereocenters. The Hall–Kier alpha value is -2.43. The molecule has 0 saturated heterocycles. The Labute approximate surface area is 159 Å². The van der Waals surface area contributed by atoms with Gasteiger partial charge in [-0.3, -0.25) is 9.78 Å². The highest BCUT2D eigenvalue weighted by atomic mass is 35.5. The first-order chi connectivity index (χ1) is 12.2. The molecule has 134 valence electrons. The van der Waals surface area contributed by atoms with Crippen LogP contribution in [0.5, 0.6) is 0 Å². The van der Waals surface area contributed by atoms with Gasteiger partial charge in [-0.05, 0) is 47.9 Å². The number of hydrogen-bond acceptors (Lipinski definition) is 3. The zero-order valence-electron chi connectivity index (χ0n) is 14.7. The van der Waals surface area contributed by atoms with Crippen LogP contribution < -0.4 is 10.6 Å². The van der Waals surface area contributed by atoms with Crippen molar-refractivity contribution in [2.24, 2.45) is 5.73 Å². The Morgan fingerprint density at radius 3 is 2.54 bits per heavy atom.